The van der Waals surface area contributed by atoms with Gasteiger partial charge in [0, 0.05) is 18.8 Å². The summed E-state index contributed by atoms with van der Waals surface area (Å²) >= 11 is 0. The Morgan fingerprint density at radius 3 is 3.08 bits per heavy atom. The summed E-state index contributed by atoms with van der Waals surface area (Å²) in [5, 5.41) is 2.60. The quantitative estimate of drug-likeness (QED) is 0.684. The van der Waals surface area contributed by atoms with Crippen LogP contribution in [0.25, 0.3) is 0 Å². The largest absolute Gasteiger partial charge is 0.349 e. The van der Waals surface area contributed by atoms with Gasteiger partial charge in [0.15, 0.2) is 5.82 Å². The fourth-order valence-corrected chi connectivity index (χ4v) is 0.808. The van der Waals surface area contributed by atoms with E-state index in [0.29, 0.717) is 6.54 Å². The predicted molar refractivity (Wildman–Crippen MR) is 47.5 cm³/mol. The van der Waals surface area contributed by atoms with Crippen molar-refractivity contribution >= 4 is 5.91 Å². The third kappa shape index (κ3) is 2.70. The van der Waals surface area contributed by atoms with Crippen molar-refractivity contribution in [3.63, 3.8) is 0 Å². The van der Waals surface area contributed by atoms with Crippen molar-refractivity contribution in [3.05, 3.63) is 28.4 Å². The van der Waals surface area contributed by atoms with E-state index >= 15 is 0 Å². The first-order valence-electron chi connectivity index (χ1n) is 4.07. The standard InChI is InChI=1S/C8H11N3O2/c1-2-4-10-8(13)7-9-5-3-6(12)11-7/h3,5H,2,4H2,1H3,(H,10,13)(H,9,11,12). The number of amides is 1. The molecule has 1 aromatic heterocycles. The Kier molecular flexibility index (Phi) is 3.19. The highest BCUT2D eigenvalue weighted by Crippen LogP contribution is 1.83. The Labute approximate surface area is 75.2 Å². The molecule has 0 fully saturated rings. The van der Waals surface area contributed by atoms with Gasteiger partial charge in [-0.05, 0) is 6.42 Å². The van der Waals surface area contributed by atoms with Crippen LogP contribution in [0.15, 0.2) is 17.1 Å². The molecule has 2 N–H and O–H groups in total. The Balaban J connectivity index is 2.71. The average Bonchev–Trinajstić information content (AvgIpc) is 2.14. The number of nitrogens with zero attached hydrogens (tertiary/aromatic N) is 1. The third-order valence-electron chi connectivity index (χ3n) is 1.42. The van der Waals surface area contributed by atoms with Crippen molar-refractivity contribution in [2.24, 2.45) is 0 Å². The molecule has 0 saturated heterocycles. The summed E-state index contributed by atoms with van der Waals surface area (Å²) in [5.41, 5.74) is -0.323. The number of nitrogens with one attached hydrogen (secondary N) is 2. The smallest absolute Gasteiger partial charge is 0.287 e. The molecule has 1 amide bonds. The highest BCUT2D eigenvalue weighted by atomic mass is 16.2. The Morgan fingerprint density at radius 1 is 1.69 bits per heavy atom. The molecule has 1 aromatic rings. The van der Waals surface area contributed by atoms with Gasteiger partial charge in [-0.15, -0.1) is 0 Å². The molecule has 0 saturated carbocycles. The molecule has 1 heterocycles. The lowest BCUT2D eigenvalue weighted by molar-refractivity contribution is 0.0943. The van der Waals surface area contributed by atoms with Crippen LogP contribution in [0.4, 0.5) is 0 Å². The molecule has 5 heteroatoms. The van der Waals surface area contributed by atoms with Gasteiger partial charge in [0.1, 0.15) is 0 Å². The highest BCUT2D eigenvalue weighted by Gasteiger charge is 2.05. The van der Waals surface area contributed by atoms with E-state index in [1.54, 1.807) is 0 Å². The van der Waals surface area contributed by atoms with Gasteiger partial charge in [-0.2, -0.15) is 0 Å². The minimum absolute atomic E-state index is 0.0564. The molecule has 70 valence electrons. The minimum Gasteiger partial charge on any atom is -0.349 e. The number of H-pyrrole nitrogens is 1. The lowest BCUT2D eigenvalue weighted by atomic mass is 10.4. The summed E-state index contributed by atoms with van der Waals surface area (Å²) in [5.74, 6) is -0.291. The molecule has 5 nitrogen and oxygen atoms in total. The molecular weight excluding hydrogens is 170 g/mol. The highest BCUT2D eigenvalue weighted by molar-refractivity contribution is 5.90. The monoisotopic (exact) mass is 181 g/mol. The van der Waals surface area contributed by atoms with E-state index in [2.05, 4.69) is 15.3 Å². The molecule has 0 atom stereocenters. The molecule has 0 unspecified atom stereocenters. The van der Waals surface area contributed by atoms with E-state index in [4.69, 9.17) is 0 Å². The fraction of sp³-hybridized carbons (Fsp3) is 0.375. The summed E-state index contributed by atoms with van der Waals surface area (Å²) < 4.78 is 0. The minimum atomic E-state index is -0.348. The molecule has 0 radical (unpaired) electrons. The van der Waals surface area contributed by atoms with Gasteiger partial charge in [-0.25, -0.2) is 4.98 Å². The first kappa shape index (κ1) is 9.44. The van der Waals surface area contributed by atoms with Crippen molar-refractivity contribution in [3.8, 4) is 0 Å². The number of hydrogen-bond acceptors (Lipinski definition) is 3. The van der Waals surface area contributed by atoms with Gasteiger partial charge in [0.25, 0.3) is 11.5 Å². The van der Waals surface area contributed by atoms with Crippen LogP contribution in [0.5, 0.6) is 0 Å². The molecule has 0 aliphatic heterocycles. The van der Waals surface area contributed by atoms with Crippen LogP contribution >= 0.6 is 0 Å². The van der Waals surface area contributed by atoms with E-state index in [1.807, 2.05) is 6.92 Å². The van der Waals surface area contributed by atoms with Crippen molar-refractivity contribution in [2.75, 3.05) is 6.54 Å². The van der Waals surface area contributed by atoms with Crippen molar-refractivity contribution < 1.29 is 4.79 Å². The molecule has 0 aromatic carbocycles. The Hall–Kier alpha value is -1.65. The van der Waals surface area contributed by atoms with Crippen LogP contribution in [-0.4, -0.2) is 22.4 Å². The van der Waals surface area contributed by atoms with Gasteiger partial charge in [-0.1, -0.05) is 6.92 Å². The molecule has 0 bridgehead atoms. The molecule has 0 aliphatic rings. The molecule has 0 aliphatic carbocycles. The predicted octanol–water partition coefficient (Wildman–Crippen LogP) is -0.0903. The lowest BCUT2D eigenvalue weighted by Gasteiger charge is -2.00. The summed E-state index contributed by atoms with van der Waals surface area (Å²) in [6, 6.07) is 1.26. The van der Waals surface area contributed by atoms with E-state index in [1.165, 1.54) is 12.3 Å². The number of hydrogen-bond donors (Lipinski definition) is 2. The molecule has 13 heavy (non-hydrogen) atoms. The van der Waals surface area contributed by atoms with Gasteiger partial charge in [0.2, 0.25) is 0 Å². The first-order valence-corrected chi connectivity index (χ1v) is 4.07. The summed E-state index contributed by atoms with van der Waals surface area (Å²) in [6.45, 7) is 2.53. The Bertz CT molecular complexity index is 345. The van der Waals surface area contributed by atoms with Crippen molar-refractivity contribution in [2.45, 2.75) is 13.3 Å². The van der Waals surface area contributed by atoms with Crippen molar-refractivity contribution in [1.82, 2.24) is 15.3 Å². The number of carbonyl (C=O) groups is 1. The van der Waals surface area contributed by atoms with Gasteiger partial charge in [0.05, 0.1) is 0 Å². The van der Waals surface area contributed by atoms with E-state index in [-0.39, 0.29) is 17.3 Å². The summed E-state index contributed by atoms with van der Waals surface area (Å²) in [6.07, 6.45) is 2.16. The van der Waals surface area contributed by atoms with E-state index < -0.39 is 0 Å². The number of aromatic amines is 1. The second kappa shape index (κ2) is 4.39. The number of rotatable bonds is 3. The maximum Gasteiger partial charge on any atom is 0.287 e. The maximum atomic E-state index is 11.2. The van der Waals surface area contributed by atoms with Crippen LogP contribution in [0.1, 0.15) is 24.0 Å². The second-order valence-corrected chi connectivity index (χ2v) is 2.54. The number of aromatic nitrogens is 2. The molecule has 0 spiro atoms. The van der Waals surface area contributed by atoms with Crippen LogP contribution in [0, 0.1) is 0 Å². The number of carbonyl (C=O) groups excluding carboxylic acids is 1. The molecular formula is C8H11N3O2. The normalized spacial score (nSPS) is 9.62. The van der Waals surface area contributed by atoms with Crippen molar-refractivity contribution in [1.29, 1.82) is 0 Å². The van der Waals surface area contributed by atoms with Crippen LogP contribution in [0.2, 0.25) is 0 Å². The van der Waals surface area contributed by atoms with Gasteiger partial charge in [-0.3, -0.25) is 9.59 Å². The Morgan fingerprint density at radius 2 is 2.46 bits per heavy atom. The maximum absolute atomic E-state index is 11.2. The zero-order valence-corrected chi connectivity index (χ0v) is 7.33. The van der Waals surface area contributed by atoms with Crippen LogP contribution < -0.4 is 10.9 Å². The molecule has 1 rings (SSSR count). The zero-order chi connectivity index (χ0) is 9.68. The van der Waals surface area contributed by atoms with Crippen LogP contribution in [0.3, 0.4) is 0 Å². The first-order chi connectivity index (χ1) is 6.24. The topological polar surface area (TPSA) is 74.8 Å². The average molecular weight is 181 g/mol. The zero-order valence-electron chi connectivity index (χ0n) is 7.33. The van der Waals surface area contributed by atoms with Gasteiger partial charge < -0.3 is 10.3 Å². The third-order valence-corrected chi connectivity index (χ3v) is 1.42. The SMILES string of the molecule is CCCNC(=O)c1nccc(=O)[nH]1. The summed E-state index contributed by atoms with van der Waals surface area (Å²) in [4.78, 5) is 28.1. The lowest BCUT2D eigenvalue weighted by Crippen LogP contribution is -2.27. The second-order valence-electron chi connectivity index (χ2n) is 2.54. The van der Waals surface area contributed by atoms with E-state index in [0.717, 1.165) is 6.42 Å². The van der Waals surface area contributed by atoms with Gasteiger partial charge >= 0.3 is 0 Å². The summed E-state index contributed by atoms with van der Waals surface area (Å²) in [7, 11) is 0. The van der Waals surface area contributed by atoms with Crippen LogP contribution in [-0.2, 0) is 0 Å². The van der Waals surface area contributed by atoms with E-state index in [9.17, 15) is 9.59 Å². The fourth-order valence-electron chi connectivity index (χ4n) is 0.808.